The van der Waals surface area contributed by atoms with Crippen LogP contribution in [0.4, 0.5) is 0 Å². The summed E-state index contributed by atoms with van der Waals surface area (Å²) in [6.07, 6.45) is 2.21. The molecule has 0 unspecified atom stereocenters. The summed E-state index contributed by atoms with van der Waals surface area (Å²) in [6.45, 7) is 4.20. The summed E-state index contributed by atoms with van der Waals surface area (Å²) in [5.74, 6) is -0.0903. The second-order valence-corrected chi connectivity index (χ2v) is 5.18. The van der Waals surface area contributed by atoms with Crippen molar-refractivity contribution in [3.05, 3.63) is 35.9 Å². The van der Waals surface area contributed by atoms with Crippen molar-refractivity contribution in [3.63, 3.8) is 0 Å². The second kappa shape index (κ2) is 6.01. The Labute approximate surface area is 108 Å². The van der Waals surface area contributed by atoms with E-state index in [1.54, 1.807) is 0 Å². The topological polar surface area (TPSA) is 40.5 Å². The largest absolute Gasteiger partial charge is 0.481 e. The number of benzene rings is 1. The van der Waals surface area contributed by atoms with Crippen LogP contribution in [-0.2, 0) is 4.79 Å². The van der Waals surface area contributed by atoms with Gasteiger partial charge in [0.15, 0.2) is 0 Å². The predicted molar refractivity (Wildman–Crippen MR) is 71.7 cm³/mol. The van der Waals surface area contributed by atoms with Crippen LogP contribution in [0, 0.1) is 0 Å². The highest BCUT2D eigenvalue weighted by molar-refractivity contribution is 5.66. The van der Waals surface area contributed by atoms with E-state index >= 15 is 0 Å². The lowest BCUT2D eigenvalue weighted by molar-refractivity contribution is -0.137. The summed E-state index contributed by atoms with van der Waals surface area (Å²) < 4.78 is 0. The van der Waals surface area contributed by atoms with Gasteiger partial charge in [0.2, 0.25) is 0 Å². The standard InChI is InChI=1S/C15H21NO2/c1-12-10-14(13-6-3-2-4-7-13)11-16(12)9-5-8-15(17)18/h2-4,6-7,12,14H,5,8-11H2,1H3,(H,17,18)/t12-,14-/m0/s1. The monoisotopic (exact) mass is 247 g/mol. The lowest BCUT2D eigenvalue weighted by atomic mass is 9.97. The van der Waals surface area contributed by atoms with E-state index in [-0.39, 0.29) is 6.42 Å². The van der Waals surface area contributed by atoms with Crippen molar-refractivity contribution < 1.29 is 9.90 Å². The Kier molecular flexibility index (Phi) is 4.37. The van der Waals surface area contributed by atoms with Crippen molar-refractivity contribution in [1.82, 2.24) is 4.90 Å². The van der Waals surface area contributed by atoms with Crippen molar-refractivity contribution in [1.29, 1.82) is 0 Å². The van der Waals surface area contributed by atoms with Gasteiger partial charge in [-0.05, 0) is 37.8 Å². The summed E-state index contributed by atoms with van der Waals surface area (Å²) in [6, 6.07) is 11.2. The van der Waals surface area contributed by atoms with E-state index in [2.05, 4.69) is 36.1 Å². The molecule has 3 heteroatoms. The molecule has 1 heterocycles. The molecule has 1 aromatic carbocycles. The number of carbonyl (C=O) groups is 1. The molecule has 1 aliphatic rings. The highest BCUT2D eigenvalue weighted by Crippen LogP contribution is 2.31. The Morgan fingerprint density at radius 3 is 2.78 bits per heavy atom. The third-order valence-electron chi connectivity index (χ3n) is 3.81. The van der Waals surface area contributed by atoms with E-state index in [1.165, 1.54) is 12.0 Å². The number of carboxylic acids is 1. The van der Waals surface area contributed by atoms with Crippen LogP contribution in [0.25, 0.3) is 0 Å². The van der Waals surface area contributed by atoms with Gasteiger partial charge in [0, 0.05) is 19.0 Å². The van der Waals surface area contributed by atoms with Crippen molar-refractivity contribution in [3.8, 4) is 0 Å². The van der Waals surface area contributed by atoms with Crippen molar-refractivity contribution in [2.45, 2.75) is 38.1 Å². The molecule has 2 atom stereocenters. The molecular formula is C15H21NO2. The third kappa shape index (κ3) is 3.33. The van der Waals surface area contributed by atoms with E-state index < -0.39 is 5.97 Å². The van der Waals surface area contributed by atoms with Crippen LogP contribution in [0.5, 0.6) is 0 Å². The van der Waals surface area contributed by atoms with Gasteiger partial charge in [-0.2, -0.15) is 0 Å². The van der Waals surface area contributed by atoms with Gasteiger partial charge in [-0.1, -0.05) is 30.3 Å². The molecule has 1 aromatic rings. The van der Waals surface area contributed by atoms with Crippen molar-refractivity contribution >= 4 is 5.97 Å². The van der Waals surface area contributed by atoms with Crippen molar-refractivity contribution in [2.24, 2.45) is 0 Å². The maximum absolute atomic E-state index is 10.5. The van der Waals surface area contributed by atoms with Gasteiger partial charge in [0.1, 0.15) is 0 Å². The van der Waals surface area contributed by atoms with E-state index in [9.17, 15) is 4.79 Å². The first-order valence-electron chi connectivity index (χ1n) is 6.67. The minimum atomic E-state index is -0.693. The summed E-state index contributed by atoms with van der Waals surface area (Å²) in [5.41, 5.74) is 1.41. The fourth-order valence-corrected chi connectivity index (χ4v) is 2.81. The molecule has 98 valence electrons. The van der Waals surface area contributed by atoms with Crippen LogP contribution < -0.4 is 0 Å². The van der Waals surface area contributed by atoms with Crippen LogP contribution in [0.2, 0.25) is 0 Å². The minimum Gasteiger partial charge on any atom is -0.481 e. The normalized spacial score (nSPS) is 24.3. The van der Waals surface area contributed by atoms with Crippen LogP contribution in [0.3, 0.4) is 0 Å². The number of hydrogen-bond acceptors (Lipinski definition) is 2. The molecule has 0 bridgehead atoms. The van der Waals surface area contributed by atoms with Crippen LogP contribution in [0.15, 0.2) is 30.3 Å². The Balaban J connectivity index is 1.87. The highest BCUT2D eigenvalue weighted by Gasteiger charge is 2.29. The van der Waals surface area contributed by atoms with Gasteiger partial charge in [0.05, 0.1) is 0 Å². The zero-order chi connectivity index (χ0) is 13.0. The van der Waals surface area contributed by atoms with Gasteiger partial charge < -0.3 is 10.0 Å². The molecule has 0 aliphatic carbocycles. The first kappa shape index (κ1) is 13.1. The van der Waals surface area contributed by atoms with Crippen molar-refractivity contribution in [2.75, 3.05) is 13.1 Å². The molecule has 1 saturated heterocycles. The maximum Gasteiger partial charge on any atom is 0.303 e. The van der Waals surface area contributed by atoms with Gasteiger partial charge in [-0.25, -0.2) is 0 Å². The number of nitrogens with zero attached hydrogens (tertiary/aromatic N) is 1. The molecule has 0 amide bonds. The second-order valence-electron chi connectivity index (χ2n) is 5.18. The smallest absolute Gasteiger partial charge is 0.303 e. The average molecular weight is 247 g/mol. The fraction of sp³-hybridized carbons (Fsp3) is 0.533. The molecule has 18 heavy (non-hydrogen) atoms. The Hall–Kier alpha value is -1.35. The van der Waals surface area contributed by atoms with Gasteiger partial charge in [0.25, 0.3) is 0 Å². The highest BCUT2D eigenvalue weighted by atomic mass is 16.4. The molecule has 0 saturated carbocycles. The molecule has 0 spiro atoms. The summed E-state index contributed by atoms with van der Waals surface area (Å²) in [5, 5.41) is 8.66. The van der Waals surface area contributed by atoms with Crippen LogP contribution in [0.1, 0.15) is 37.7 Å². The van der Waals surface area contributed by atoms with Gasteiger partial charge >= 0.3 is 5.97 Å². The number of likely N-dealkylation sites (tertiary alicyclic amines) is 1. The molecule has 0 radical (unpaired) electrons. The van der Waals surface area contributed by atoms with Crippen LogP contribution >= 0.6 is 0 Å². The van der Waals surface area contributed by atoms with E-state index in [0.717, 1.165) is 19.5 Å². The molecule has 3 nitrogen and oxygen atoms in total. The Bertz CT molecular complexity index is 391. The molecular weight excluding hydrogens is 226 g/mol. The lowest BCUT2D eigenvalue weighted by Crippen LogP contribution is -2.28. The fourth-order valence-electron chi connectivity index (χ4n) is 2.81. The third-order valence-corrected chi connectivity index (χ3v) is 3.81. The summed E-state index contributed by atoms with van der Waals surface area (Å²) >= 11 is 0. The van der Waals surface area contributed by atoms with Crippen LogP contribution in [-0.4, -0.2) is 35.1 Å². The maximum atomic E-state index is 10.5. The minimum absolute atomic E-state index is 0.277. The SMILES string of the molecule is C[C@H]1C[C@H](c2ccccc2)CN1CCCC(=O)O. The Morgan fingerprint density at radius 1 is 1.39 bits per heavy atom. The number of rotatable bonds is 5. The zero-order valence-electron chi connectivity index (χ0n) is 10.9. The average Bonchev–Trinajstić information content (AvgIpc) is 2.72. The van der Waals surface area contributed by atoms with Gasteiger partial charge in [-0.15, -0.1) is 0 Å². The summed E-state index contributed by atoms with van der Waals surface area (Å²) in [4.78, 5) is 12.9. The number of aliphatic carboxylic acids is 1. The first-order chi connectivity index (χ1) is 8.66. The summed E-state index contributed by atoms with van der Waals surface area (Å²) in [7, 11) is 0. The number of hydrogen-bond donors (Lipinski definition) is 1. The quantitative estimate of drug-likeness (QED) is 0.869. The van der Waals surface area contributed by atoms with E-state index in [0.29, 0.717) is 12.0 Å². The van der Waals surface area contributed by atoms with E-state index in [1.807, 2.05) is 6.07 Å². The van der Waals surface area contributed by atoms with Gasteiger partial charge in [-0.3, -0.25) is 4.79 Å². The molecule has 1 fully saturated rings. The first-order valence-corrected chi connectivity index (χ1v) is 6.67. The molecule has 0 aromatic heterocycles. The molecule has 2 rings (SSSR count). The van der Waals surface area contributed by atoms with E-state index in [4.69, 9.17) is 5.11 Å². The zero-order valence-corrected chi connectivity index (χ0v) is 10.9. The Morgan fingerprint density at radius 2 is 2.11 bits per heavy atom. The lowest BCUT2D eigenvalue weighted by Gasteiger charge is -2.20. The molecule has 1 aliphatic heterocycles. The molecule has 1 N–H and O–H groups in total. The number of carboxylic acid groups (broad SMARTS) is 1. The predicted octanol–water partition coefficient (Wildman–Crippen LogP) is 2.73.